The van der Waals surface area contributed by atoms with Crippen molar-refractivity contribution in [2.45, 2.75) is 0 Å². The third kappa shape index (κ3) is 4.66. The van der Waals surface area contributed by atoms with E-state index in [2.05, 4.69) is 0 Å². The van der Waals surface area contributed by atoms with Crippen molar-refractivity contribution in [1.82, 2.24) is 4.90 Å². The van der Waals surface area contributed by atoms with Crippen molar-refractivity contribution < 1.29 is 18.7 Å². The summed E-state index contributed by atoms with van der Waals surface area (Å²) in [6, 6.07) is 20.1. The van der Waals surface area contributed by atoms with Crippen LogP contribution in [0.3, 0.4) is 0 Å². The van der Waals surface area contributed by atoms with Crippen molar-refractivity contribution in [3.05, 3.63) is 89.7 Å². The zero-order chi connectivity index (χ0) is 21.8. The lowest BCUT2D eigenvalue weighted by Crippen LogP contribution is -2.49. The fraction of sp³-hybridized carbons (Fsp3) is 0.167. The van der Waals surface area contributed by atoms with Crippen LogP contribution < -0.4 is 15.4 Å². The van der Waals surface area contributed by atoms with Crippen molar-refractivity contribution in [3.8, 4) is 11.5 Å². The number of amides is 2. The van der Waals surface area contributed by atoms with Crippen LogP contribution in [-0.4, -0.2) is 42.9 Å². The van der Waals surface area contributed by atoms with E-state index in [0.717, 1.165) is 0 Å². The summed E-state index contributed by atoms with van der Waals surface area (Å²) in [5.74, 6) is 0.198. The largest absolute Gasteiger partial charge is 0.457 e. The van der Waals surface area contributed by atoms with Gasteiger partial charge in [0.2, 0.25) is 5.91 Å². The molecule has 1 aliphatic heterocycles. The summed E-state index contributed by atoms with van der Waals surface area (Å²) in [5, 5.41) is 0. The van der Waals surface area contributed by atoms with Crippen molar-refractivity contribution in [2.24, 2.45) is 5.73 Å². The van der Waals surface area contributed by atoms with Gasteiger partial charge >= 0.3 is 0 Å². The number of benzene rings is 3. The number of carbonyl (C=O) groups excluding carboxylic acids is 2. The van der Waals surface area contributed by atoms with E-state index in [1.165, 1.54) is 6.07 Å². The van der Waals surface area contributed by atoms with E-state index in [-0.39, 0.29) is 11.7 Å². The second-order valence-electron chi connectivity index (χ2n) is 7.25. The first kappa shape index (κ1) is 20.4. The maximum absolute atomic E-state index is 14.0. The quantitative estimate of drug-likeness (QED) is 0.685. The topological polar surface area (TPSA) is 75.9 Å². The van der Waals surface area contributed by atoms with E-state index in [1.54, 1.807) is 65.6 Å². The number of rotatable bonds is 5. The van der Waals surface area contributed by atoms with E-state index < -0.39 is 5.91 Å². The minimum Gasteiger partial charge on any atom is -0.457 e. The highest BCUT2D eigenvalue weighted by atomic mass is 19.1. The van der Waals surface area contributed by atoms with Gasteiger partial charge in [-0.15, -0.1) is 0 Å². The average Bonchev–Trinajstić information content (AvgIpc) is 2.80. The van der Waals surface area contributed by atoms with Crippen LogP contribution in [0.25, 0.3) is 0 Å². The van der Waals surface area contributed by atoms with Gasteiger partial charge in [0.1, 0.15) is 17.3 Å². The molecule has 158 valence electrons. The lowest BCUT2D eigenvalue weighted by molar-refractivity contribution is 0.0746. The molecule has 0 saturated carbocycles. The summed E-state index contributed by atoms with van der Waals surface area (Å²) in [7, 11) is 0. The number of hydrogen-bond donors (Lipinski definition) is 1. The van der Waals surface area contributed by atoms with Crippen molar-refractivity contribution in [1.29, 1.82) is 0 Å². The Morgan fingerprint density at radius 2 is 1.52 bits per heavy atom. The molecular weight excluding hydrogens is 397 g/mol. The highest BCUT2D eigenvalue weighted by Gasteiger charge is 2.23. The number of nitrogens with two attached hydrogens (primary N) is 1. The zero-order valence-corrected chi connectivity index (χ0v) is 16.8. The fourth-order valence-electron chi connectivity index (χ4n) is 3.56. The molecule has 1 aliphatic rings. The highest BCUT2D eigenvalue weighted by Crippen LogP contribution is 2.24. The molecule has 0 aliphatic carbocycles. The Labute approximate surface area is 179 Å². The van der Waals surface area contributed by atoms with E-state index in [9.17, 15) is 14.0 Å². The minimum atomic E-state index is -0.505. The van der Waals surface area contributed by atoms with Crippen molar-refractivity contribution in [2.75, 3.05) is 31.1 Å². The number of piperazine rings is 1. The second kappa shape index (κ2) is 8.87. The number of nitrogens with zero attached hydrogens (tertiary/aromatic N) is 2. The molecule has 0 radical (unpaired) electrons. The van der Waals surface area contributed by atoms with Gasteiger partial charge in [0, 0.05) is 37.3 Å². The second-order valence-corrected chi connectivity index (χ2v) is 7.25. The molecule has 4 rings (SSSR count). The lowest BCUT2D eigenvalue weighted by atomic mass is 10.1. The molecule has 1 saturated heterocycles. The third-order valence-electron chi connectivity index (χ3n) is 5.22. The number of carbonyl (C=O) groups is 2. The minimum absolute atomic E-state index is 0.0947. The van der Waals surface area contributed by atoms with Crippen LogP contribution in [0, 0.1) is 5.82 Å². The van der Waals surface area contributed by atoms with Gasteiger partial charge in [-0.25, -0.2) is 4.39 Å². The normalized spacial score (nSPS) is 13.7. The van der Waals surface area contributed by atoms with E-state index in [1.807, 2.05) is 11.0 Å². The Morgan fingerprint density at radius 1 is 0.806 bits per heavy atom. The zero-order valence-electron chi connectivity index (χ0n) is 16.8. The molecule has 0 unspecified atom stereocenters. The number of ether oxygens (including phenoxy) is 1. The maximum atomic E-state index is 14.0. The summed E-state index contributed by atoms with van der Waals surface area (Å²) in [4.78, 5) is 27.9. The molecular formula is C24H22FN3O3. The van der Waals surface area contributed by atoms with Crippen LogP contribution in [0.2, 0.25) is 0 Å². The van der Waals surface area contributed by atoms with E-state index >= 15 is 0 Å². The van der Waals surface area contributed by atoms with Gasteiger partial charge in [0.15, 0.2) is 0 Å². The average molecular weight is 419 g/mol. The number of primary amides is 1. The van der Waals surface area contributed by atoms with E-state index in [0.29, 0.717) is 54.5 Å². The molecule has 6 nitrogen and oxygen atoms in total. The Balaban J connectivity index is 1.40. The van der Waals surface area contributed by atoms with Gasteiger partial charge in [-0.2, -0.15) is 0 Å². The number of para-hydroxylation sites is 1. The molecule has 1 heterocycles. The highest BCUT2D eigenvalue weighted by molar-refractivity contribution is 5.95. The summed E-state index contributed by atoms with van der Waals surface area (Å²) in [6.45, 7) is 2.14. The first-order valence-corrected chi connectivity index (χ1v) is 9.98. The molecule has 2 amide bonds. The molecule has 31 heavy (non-hydrogen) atoms. The molecule has 0 bridgehead atoms. The summed E-state index contributed by atoms with van der Waals surface area (Å²) in [5.41, 5.74) is 6.72. The van der Waals surface area contributed by atoms with Crippen LogP contribution in [0.1, 0.15) is 20.7 Å². The third-order valence-corrected chi connectivity index (χ3v) is 5.22. The van der Waals surface area contributed by atoms with Crippen LogP contribution in [0.15, 0.2) is 72.8 Å². The Kier molecular flexibility index (Phi) is 5.84. The maximum Gasteiger partial charge on any atom is 0.254 e. The molecule has 0 aromatic heterocycles. The summed E-state index contributed by atoms with van der Waals surface area (Å²) >= 11 is 0. The van der Waals surface area contributed by atoms with Crippen molar-refractivity contribution >= 4 is 17.5 Å². The molecule has 1 fully saturated rings. The number of anilines is 1. The van der Waals surface area contributed by atoms with Crippen LogP contribution in [0.5, 0.6) is 11.5 Å². The predicted molar refractivity (Wildman–Crippen MR) is 116 cm³/mol. The predicted octanol–water partition coefficient (Wildman–Crippen LogP) is 3.68. The SMILES string of the molecule is NC(=O)c1ccc(Oc2cccc(C(=O)N3CCN(c4ccccc4F)CC3)c2)cc1. The van der Waals surface area contributed by atoms with Gasteiger partial charge in [-0.1, -0.05) is 18.2 Å². The lowest BCUT2D eigenvalue weighted by Gasteiger charge is -2.36. The first-order chi connectivity index (χ1) is 15.0. The van der Waals surface area contributed by atoms with Crippen molar-refractivity contribution in [3.63, 3.8) is 0 Å². The molecule has 0 atom stereocenters. The monoisotopic (exact) mass is 419 g/mol. The van der Waals surface area contributed by atoms with Crippen LogP contribution in [-0.2, 0) is 0 Å². The first-order valence-electron chi connectivity index (χ1n) is 9.98. The molecule has 7 heteroatoms. The molecule has 0 spiro atoms. The summed E-state index contributed by atoms with van der Waals surface area (Å²) < 4.78 is 19.8. The van der Waals surface area contributed by atoms with Crippen LogP contribution >= 0.6 is 0 Å². The Hall–Kier alpha value is -3.87. The van der Waals surface area contributed by atoms with Gasteiger partial charge in [0.25, 0.3) is 5.91 Å². The van der Waals surface area contributed by atoms with Gasteiger partial charge in [0.05, 0.1) is 5.69 Å². The van der Waals surface area contributed by atoms with Gasteiger partial charge in [-0.05, 0) is 54.6 Å². The molecule has 3 aromatic rings. The Morgan fingerprint density at radius 3 is 2.19 bits per heavy atom. The fourth-order valence-corrected chi connectivity index (χ4v) is 3.56. The number of halogens is 1. The standard InChI is InChI=1S/C24H22FN3O3/c25-21-6-1-2-7-22(21)27-12-14-28(15-13-27)24(30)18-4-3-5-20(16-18)31-19-10-8-17(9-11-19)23(26)29/h1-11,16H,12-15H2,(H2,26,29). The van der Waals surface area contributed by atoms with Gasteiger partial charge in [-0.3, -0.25) is 9.59 Å². The Bertz CT molecular complexity index is 1090. The number of hydrogen-bond acceptors (Lipinski definition) is 4. The van der Waals surface area contributed by atoms with E-state index in [4.69, 9.17) is 10.5 Å². The van der Waals surface area contributed by atoms with Crippen LogP contribution in [0.4, 0.5) is 10.1 Å². The van der Waals surface area contributed by atoms with Gasteiger partial charge < -0.3 is 20.3 Å². The summed E-state index contributed by atoms with van der Waals surface area (Å²) in [6.07, 6.45) is 0. The molecule has 2 N–H and O–H groups in total. The molecule has 3 aromatic carbocycles. The smallest absolute Gasteiger partial charge is 0.254 e.